The van der Waals surface area contributed by atoms with Gasteiger partial charge in [-0.1, -0.05) is 48.5 Å². The Kier molecular flexibility index (Phi) is 5.73. The lowest BCUT2D eigenvalue weighted by atomic mass is 9.32. The van der Waals surface area contributed by atoms with Gasteiger partial charge in [0.25, 0.3) is 0 Å². The van der Waals surface area contributed by atoms with Gasteiger partial charge in [-0.2, -0.15) is 0 Å². The van der Waals surface area contributed by atoms with E-state index < -0.39 is 5.60 Å². The first-order chi connectivity index (χ1) is 16.0. The molecular formula is C31H52O4. The zero-order valence-corrected chi connectivity index (χ0v) is 23.7. The van der Waals surface area contributed by atoms with Gasteiger partial charge in [-0.25, -0.2) is 0 Å². The monoisotopic (exact) mass is 488 g/mol. The minimum atomic E-state index is -0.409. The number of carbonyl (C=O) groups is 1. The normalized spacial score (nSPS) is 54.5. The molecule has 0 amide bonds. The second-order valence-electron chi connectivity index (χ2n) is 15.8. The van der Waals surface area contributed by atoms with Crippen LogP contribution in [0.2, 0.25) is 0 Å². The van der Waals surface area contributed by atoms with Crippen LogP contribution in [0.15, 0.2) is 0 Å². The maximum atomic E-state index is 12.3. The van der Waals surface area contributed by atoms with Crippen LogP contribution in [0, 0.1) is 50.7 Å². The number of ether oxygens (including phenoxy) is 1. The first kappa shape index (κ1) is 26.0. The van der Waals surface area contributed by atoms with Crippen LogP contribution < -0.4 is 0 Å². The Labute approximate surface area is 214 Å². The summed E-state index contributed by atoms with van der Waals surface area (Å²) >= 11 is 0. The Morgan fingerprint density at radius 2 is 1.46 bits per heavy atom. The Morgan fingerprint density at radius 3 is 2.11 bits per heavy atom. The second-order valence-corrected chi connectivity index (χ2v) is 15.8. The molecule has 0 saturated heterocycles. The predicted molar refractivity (Wildman–Crippen MR) is 139 cm³/mol. The van der Waals surface area contributed by atoms with Crippen LogP contribution in [0.25, 0.3) is 0 Å². The minimum absolute atomic E-state index is 0.0191. The highest BCUT2D eigenvalue weighted by Gasteiger charge is 2.72. The summed E-state index contributed by atoms with van der Waals surface area (Å²) in [6.45, 7) is 18.4. The lowest BCUT2D eigenvalue weighted by Gasteiger charge is -2.74. The molecule has 35 heavy (non-hydrogen) atoms. The molecule has 2 N–H and O–H groups in total. The van der Waals surface area contributed by atoms with Gasteiger partial charge >= 0.3 is 5.97 Å². The summed E-state index contributed by atoms with van der Waals surface area (Å²) in [5, 5.41) is 23.0. The topological polar surface area (TPSA) is 66.8 Å². The van der Waals surface area contributed by atoms with Crippen molar-refractivity contribution in [2.24, 2.45) is 50.7 Å². The van der Waals surface area contributed by atoms with Crippen molar-refractivity contribution >= 4 is 5.97 Å². The molecule has 5 rings (SSSR count). The average Bonchev–Trinajstić information content (AvgIpc) is 2.73. The molecule has 0 unspecified atom stereocenters. The zero-order valence-electron chi connectivity index (χ0n) is 23.7. The van der Waals surface area contributed by atoms with Crippen LogP contribution in [-0.4, -0.2) is 34.0 Å². The van der Waals surface area contributed by atoms with Crippen molar-refractivity contribution in [3.8, 4) is 0 Å². The van der Waals surface area contributed by atoms with E-state index in [1.807, 2.05) is 0 Å². The molecule has 200 valence electrons. The number of aliphatic hydroxyl groups is 2. The van der Waals surface area contributed by atoms with Crippen molar-refractivity contribution in [3.05, 3.63) is 0 Å². The smallest absolute Gasteiger partial charge is 0.303 e. The largest absolute Gasteiger partial charge is 0.459 e. The molecule has 5 aliphatic carbocycles. The first-order valence-corrected chi connectivity index (χ1v) is 14.6. The molecule has 0 aromatic carbocycles. The molecule has 0 heterocycles. The maximum Gasteiger partial charge on any atom is 0.303 e. The Hall–Kier alpha value is -0.610. The van der Waals surface area contributed by atoms with Gasteiger partial charge < -0.3 is 14.9 Å². The number of fused-ring (bicyclic) bond motifs is 7. The van der Waals surface area contributed by atoms with Gasteiger partial charge in [-0.05, 0) is 109 Å². The minimum Gasteiger partial charge on any atom is -0.459 e. The molecule has 5 aliphatic rings. The van der Waals surface area contributed by atoms with E-state index in [0.717, 1.165) is 57.8 Å². The summed E-state index contributed by atoms with van der Waals surface area (Å²) in [6, 6.07) is 0. The lowest BCUT2D eigenvalue weighted by molar-refractivity contribution is -0.289. The van der Waals surface area contributed by atoms with Crippen molar-refractivity contribution in [2.45, 2.75) is 137 Å². The van der Waals surface area contributed by atoms with E-state index >= 15 is 0 Å². The van der Waals surface area contributed by atoms with E-state index in [2.05, 4.69) is 48.5 Å². The van der Waals surface area contributed by atoms with Crippen LogP contribution in [0.1, 0.15) is 120 Å². The van der Waals surface area contributed by atoms with Crippen molar-refractivity contribution in [1.29, 1.82) is 0 Å². The van der Waals surface area contributed by atoms with Crippen LogP contribution in [0.4, 0.5) is 0 Å². The number of hydrogen-bond donors (Lipinski definition) is 2. The van der Waals surface area contributed by atoms with Crippen molar-refractivity contribution in [3.63, 3.8) is 0 Å². The third kappa shape index (κ3) is 3.40. The van der Waals surface area contributed by atoms with Crippen LogP contribution in [0.5, 0.6) is 0 Å². The summed E-state index contributed by atoms with van der Waals surface area (Å²) in [5.41, 5.74) is 0.0170. The van der Waals surface area contributed by atoms with E-state index in [0.29, 0.717) is 11.8 Å². The third-order valence-electron chi connectivity index (χ3n) is 13.5. The highest BCUT2D eigenvalue weighted by atomic mass is 16.6. The molecule has 5 saturated carbocycles. The fraction of sp³-hybridized carbons (Fsp3) is 0.968. The third-order valence-corrected chi connectivity index (χ3v) is 13.5. The van der Waals surface area contributed by atoms with Crippen LogP contribution in [-0.2, 0) is 9.53 Å². The van der Waals surface area contributed by atoms with Gasteiger partial charge in [0.05, 0.1) is 12.2 Å². The van der Waals surface area contributed by atoms with E-state index in [1.165, 1.54) is 6.42 Å². The number of rotatable bonds is 1. The highest BCUT2D eigenvalue weighted by molar-refractivity contribution is 5.66. The number of carbonyl (C=O) groups excluding carboxylic acids is 1. The standard InChI is InChI=1S/C31H52O4/c1-19(32)35-31-15-13-26(2,3)18-20(31)25-21(33)17-23-28(6)11-10-24(34)27(4,5)22(28)9-12-29(23,7)30(25,8)14-16-31/h20-25,33-34H,9-18H2,1-8H3/t20-,21+,22-,23+,24-,25-,28-,29+,30+,31-/m0/s1. The quantitative estimate of drug-likeness (QED) is 0.413. The van der Waals surface area contributed by atoms with Crippen LogP contribution in [0.3, 0.4) is 0 Å². The molecule has 0 aromatic rings. The van der Waals surface area contributed by atoms with Gasteiger partial charge in [0.15, 0.2) is 0 Å². The predicted octanol–water partition coefficient (Wildman–Crippen LogP) is 6.52. The lowest BCUT2D eigenvalue weighted by Crippen LogP contribution is -2.71. The SMILES string of the molecule is CC(=O)O[C@]12CCC(C)(C)C[C@H]1[C@H]1[C@H](O)C[C@@H]3[C@@]4(C)CC[C@H](O)C(C)(C)[C@@H]4CC[C@@]3(C)[C@]1(C)CC2. The molecule has 0 aromatic heterocycles. The molecule has 0 aliphatic heterocycles. The summed E-state index contributed by atoms with van der Waals surface area (Å²) in [6.07, 6.45) is 9.51. The molecule has 0 spiro atoms. The van der Waals surface area contributed by atoms with E-state index in [1.54, 1.807) is 6.92 Å². The Morgan fingerprint density at radius 1 is 0.800 bits per heavy atom. The fourth-order valence-corrected chi connectivity index (χ4v) is 11.4. The Balaban J connectivity index is 1.57. The van der Waals surface area contributed by atoms with Crippen molar-refractivity contribution in [2.75, 3.05) is 0 Å². The van der Waals surface area contributed by atoms with E-state index in [4.69, 9.17) is 4.74 Å². The fourth-order valence-electron chi connectivity index (χ4n) is 11.4. The molecule has 10 atom stereocenters. The molecule has 4 nitrogen and oxygen atoms in total. The van der Waals surface area contributed by atoms with Gasteiger partial charge in [0, 0.05) is 12.8 Å². The molecule has 0 bridgehead atoms. The summed E-state index contributed by atoms with van der Waals surface area (Å²) in [7, 11) is 0. The van der Waals surface area contributed by atoms with Gasteiger partial charge in [0.2, 0.25) is 0 Å². The van der Waals surface area contributed by atoms with Gasteiger partial charge in [-0.15, -0.1) is 0 Å². The molecule has 5 fully saturated rings. The second kappa shape index (κ2) is 7.71. The average molecular weight is 489 g/mol. The highest BCUT2D eigenvalue weighted by Crippen LogP contribution is 2.76. The summed E-state index contributed by atoms with van der Waals surface area (Å²) < 4.78 is 6.25. The van der Waals surface area contributed by atoms with Gasteiger partial charge in [-0.3, -0.25) is 4.79 Å². The molecule has 4 heteroatoms. The van der Waals surface area contributed by atoms with Crippen LogP contribution >= 0.6 is 0 Å². The van der Waals surface area contributed by atoms with Crippen molar-refractivity contribution in [1.82, 2.24) is 0 Å². The van der Waals surface area contributed by atoms with E-state index in [9.17, 15) is 15.0 Å². The summed E-state index contributed by atoms with van der Waals surface area (Å²) in [4.78, 5) is 12.3. The van der Waals surface area contributed by atoms with Crippen molar-refractivity contribution < 1.29 is 19.7 Å². The number of esters is 1. The molecular weight excluding hydrogens is 436 g/mol. The summed E-state index contributed by atoms with van der Waals surface area (Å²) in [5.74, 6) is 1.16. The first-order valence-electron chi connectivity index (χ1n) is 14.6. The van der Waals surface area contributed by atoms with E-state index in [-0.39, 0.29) is 57.1 Å². The maximum absolute atomic E-state index is 12.3. The number of hydrogen-bond acceptors (Lipinski definition) is 4. The number of aliphatic hydroxyl groups excluding tert-OH is 2. The van der Waals surface area contributed by atoms with Gasteiger partial charge in [0.1, 0.15) is 5.60 Å². The zero-order chi connectivity index (χ0) is 25.8. The molecule has 0 radical (unpaired) electrons. The Bertz CT molecular complexity index is 879.